The first-order chi connectivity index (χ1) is 6.34. The first kappa shape index (κ1) is 15.0. The first-order valence-electron chi connectivity index (χ1n) is 4.24. The normalized spacial score (nSPS) is 16.9. The number of allylic oxidation sites excluding steroid dienone is 3. The monoisotopic (exact) mass is 362 g/mol. The van der Waals surface area contributed by atoms with Crippen molar-refractivity contribution in [3.8, 4) is 0 Å². The highest BCUT2D eigenvalue weighted by Crippen LogP contribution is 2.25. The third kappa shape index (κ3) is 6.49. The number of hydrogen-bond acceptors (Lipinski definition) is 0. The molecule has 0 aromatic carbocycles. The van der Waals surface area contributed by atoms with Gasteiger partial charge >= 0.3 is 0 Å². The fourth-order valence-electron chi connectivity index (χ4n) is 0.872. The van der Waals surface area contributed by atoms with Gasteiger partial charge in [0.25, 0.3) is 0 Å². The molecule has 14 heavy (non-hydrogen) atoms. The predicted octanol–water partition coefficient (Wildman–Crippen LogP) is 5.23. The lowest BCUT2D eigenvalue weighted by molar-refractivity contribution is 0.852. The van der Waals surface area contributed by atoms with Gasteiger partial charge in [-0.2, -0.15) is 0 Å². The van der Waals surface area contributed by atoms with Gasteiger partial charge in [-0.05, 0) is 20.3 Å². The minimum atomic E-state index is -0.436. The molecule has 0 bridgehead atoms. The van der Waals surface area contributed by atoms with E-state index in [0.717, 1.165) is 17.6 Å². The molecule has 0 heterocycles. The zero-order chi connectivity index (χ0) is 11.3. The molecule has 0 aliphatic rings. The largest absolute Gasteiger partial charge is 0.126 e. The highest BCUT2D eigenvalue weighted by atomic mass is 79.9. The number of halogens is 4. The molecule has 0 saturated heterocycles. The molecular weight excluding hydrogens is 351 g/mol. The summed E-state index contributed by atoms with van der Waals surface area (Å²) in [5.41, 5.74) is 2.27. The Bertz CT molecular complexity index is 224. The Morgan fingerprint density at radius 2 is 1.79 bits per heavy atom. The van der Waals surface area contributed by atoms with Crippen molar-refractivity contribution in [3.05, 3.63) is 23.8 Å². The number of alkyl halides is 4. The van der Waals surface area contributed by atoms with Gasteiger partial charge in [-0.3, -0.25) is 0 Å². The van der Waals surface area contributed by atoms with Gasteiger partial charge in [0, 0.05) is 9.65 Å². The van der Waals surface area contributed by atoms with Crippen LogP contribution in [0.15, 0.2) is 23.8 Å². The fourth-order valence-corrected chi connectivity index (χ4v) is 2.67. The molecule has 0 aliphatic heterocycles. The summed E-state index contributed by atoms with van der Waals surface area (Å²) in [6, 6.07) is 0. The summed E-state index contributed by atoms with van der Waals surface area (Å²) in [5, 5.41) is 0. The second-order valence-electron chi connectivity index (χ2n) is 3.26. The van der Waals surface area contributed by atoms with Gasteiger partial charge < -0.3 is 0 Å². The van der Waals surface area contributed by atoms with Crippen LogP contribution in [0, 0.1) is 0 Å². The summed E-state index contributed by atoms with van der Waals surface area (Å²) < 4.78 is 0. The van der Waals surface area contributed by atoms with Crippen LogP contribution < -0.4 is 0 Å². The third-order valence-electron chi connectivity index (χ3n) is 1.83. The van der Waals surface area contributed by atoms with Crippen molar-refractivity contribution < 1.29 is 0 Å². The second kappa shape index (κ2) is 7.32. The lowest BCUT2D eigenvalue weighted by atomic mass is 10.1. The van der Waals surface area contributed by atoms with Crippen LogP contribution in [0.2, 0.25) is 0 Å². The van der Waals surface area contributed by atoms with Crippen LogP contribution in [0.3, 0.4) is 0 Å². The van der Waals surface area contributed by atoms with E-state index in [1.807, 2.05) is 19.9 Å². The van der Waals surface area contributed by atoms with E-state index in [-0.39, 0.29) is 4.83 Å². The van der Waals surface area contributed by atoms with E-state index in [0.29, 0.717) is 4.83 Å². The Morgan fingerprint density at radius 1 is 1.29 bits per heavy atom. The zero-order valence-electron chi connectivity index (χ0n) is 8.24. The Labute approximate surface area is 113 Å². The van der Waals surface area contributed by atoms with E-state index in [9.17, 15) is 0 Å². The molecule has 82 valence electrons. The molecule has 0 aliphatic carbocycles. The molecule has 0 unspecified atom stereocenters. The van der Waals surface area contributed by atoms with Gasteiger partial charge in [-0.15, -0.1) is 23.2 Å². The van der Waals surface area contributed by atoms with E-state index in [2.05, 4.69) is 38.4 Å². The maximum absolute atomic E-state index is 5.65. The van der Waals surface area contributed by atoms with Crippen molar-refractivity contribution in [2.75, 3.05) is 0 Å². The summed E-state index contributed by atoms with van der Waals surface area (Å²) >= 11 is 18.4. The summed E-state index contributed by atoms with van der Waals surface area (Å²) in [5.74, 6) is 0. The van der Waals surface area contributed by atoms with Crippen LogP contribution in [-0.4, -0.2) is 14.5 Å². The van der Waals surface area contributed by atoms with E-state index in [4.69, 9.17) is 23.2 Å². The fraction of sp³-hybridized carbons (Fsp3) is 0.600. The zero-order valence-corrected chi connectivity index (χ0v) is 12.9. The summed E-state index contributed by atoms with van der Waals surface area (Å²) in [6.45, 7) is 7.90. The van der Waals surface area contributed by atoms with Crippen molar-refractivity contribution in [1.82, 2.24) is 0 Å². The van der Waals surface area contributed by atoms with Gasteiger partial charge in [-0.25, -0.2) is 0 Å². The molecule has 0 nitrogen and oxygen atoms in total. The van der Waals surface area contributed by atoms with Gasteiger partial charge in [0.2, 0.25) is 0 Å². The molecule has 0 spiro atoms. The molecule has 4 heteroatoms. The van der Waals surface area contributed by atoms with Crippen LogP contribution >= 0.6 is 55.1 Å². The van der Waals surface area contributed by atoms with Crippen LogP contribution in [0.25, 0.3) is 0 Å². The summed E-state index contributed by atoms with van der Waals surface area (Å²) in [7, 11) is 0. The summed E-state index contributed by atoms with van der Waals surface area (Å²) in [4.78, 5) is 0.163. The van der Waals surface area contributed by atoms with Gasteiger partial charge in [0.15, 0.2) is 0 Å². The van der Waals surface area contributed by atoms with Crippen molar-refractivity contribution in [2.24, 2.45) is 0 Å². The maximum atomic E-state index is 5.65. The molecule has 0 fully saturated rings. The van der Waals surface area contributed by atoms with E-state index >= 15 is 0 Å². The Hall–Kier alpha value is 1.02. The lowest BCUT2D eigenvalue weighted by Crippen LogP contribution is -2.10. The van der Waals surface area contributed by atoms with Gasteiger partial charge in [0.05, 0.1) is 0 Å². The molecule has 0 saturated carbocycles. The van der Waals surface area contributed by atoms with Gasteiger partial charge in [0.1, 0.15) is 4.84 Å². The molecule has 0 amide bonds. The topological polar surface area (TPSA) is 0 Å². The first-order valence-corrected chi connectivity index (χ1v) is 6.95. The maximum Gasteiger partial charge on any atom is 0.126 e. The van der Waals surface area contributed by atoms with E-state index in [1.165, 1.54) is 0 Å². The van der Waals surface area contributed by atoms with Crippen LogP contribution in [0.1, 0.15) is 20.3 Å². The average molecular weight is 365 g/mol. The van der Waals surface area contributed by atoms with Gasteiger partial charge in [-0.1, -0.05) is 55.7 Å². The molecule has 0 rings (SSSR count). The van der Waals surface area contributed by atoms with Crippen molar-refractivity contribution >= 4 is 55.1 Å². The average Bonchev–Trinajstić information content (AvgIpc) is 2.02. The number of rotatable bonds is 5. The standard InChI is InChI=1S/C10H14Br2Cl2/c1-6(2)8(11)5-9(12)7(3)4-10(13)14/h4,8-10H,1,5H2,2-3H3/b7-4+/t8-,9+/m1/s1. The van der Waals surface area contributed by atoms with Crippen LogP contribution in [0.5, 0.6) is 0 Å². The van der Waals surface area contributed by atoms with Crippen molar-refractivity contribution in [3.63, 3.8) is 0 Å². The highest BCUT2D eigenvalue weighted by molar-refractivity contribution is 9.10. The second-order valence-corrected chi connectivity index (χ2v) is 6.64. The molecule has 0 N–H and O–H groups in total. The third-order valence-corrected chi connectivity index (χ3v) is 4.33. The minimum Gasteiger partial charge on any atom is -0.101 e. The lowest BCUT2D eigenvalue weighted by Gasteiger charge is -2.15. The smallest absolute Gasteiger partial charge is 0.101 e. The number of hydrogen-bond donors (Lipinski definition) is 0. The van der Waals surface area contributed by atoms with E-state index < -0.39 is 4.84 Å². The highest BCUT2D eigenvalue weighted by Gasteiger charge is 2.14. The molecule has 0 radical (unpaired) electrons. The molecule has 2 atom stereocenters. The Balaban J connectivity index is 4.20. The molecule has 0 aromatic heterocycles. The van der Waals surface area contributed by atoms with Crippen molar-refractivity contribution in [2.45, 2.75) is 34.8 Å². The quantitative estimate of drug-likeness (QED) is 0.463. The minimum absolute atomic E-state index is 0.281. The molecular formula is C10H14Br2Cl2. The predicted molar refractivity (Wildman–Crippen MR) is 74.1 cm³/mol. The van der Waals surface area contributed by atoms with Crippen LogP contribution in [-0.2, 0) is 0 Å². The SMILES string of the molecule is C=C(C)[C@H](Br)C[C@H](Br)/C(C)=C/C(Cl)Cl. The van der Waals surface area contributed by atoms with Crippen LogP contribution in [0.4, 0.5) is 0 Å². The van der Waals surface area contributed by atoms with Crippen molar-refractivity contribution in [1.29, 1.82) is 0 Å². The summed E-state index contributed by atoms with van der Waals surface area (Å²) in [6.07, 6.45) is 2.78. The Kier molecular flexibility index (Phi) is 7.85. The van der Waals surface area contributed by atoms with E-state index in [1.54, 1.807) is 0 Å². The molecule has 0 aromatic rings. The Morgan fingerprint density at radius 3 is 2.14 bits per heavy atom.